The van der Waals surface area contributed by atoms with Crippen LogP contribution in [0.25, 0.3) is 22.8 Å². The van der Waals surface area contributed by atoms with Crippen molar-refractivity contribution in [1.29, 1.82) is 5.26 Å². The lowest BCUT2D eigenvalue weighted by Gasteiger charge is -2.37. The molecule has 0 aromatic heterocycles. The Morgan fingerprint density at radius 3 is 2.49 bits per heavy atom. The lowest BCUT2D eigenvalue weighted by atomic mass is 9.94. The number of rotatable bonds is 6. The second-order valence-electron chi connectivity index (χ2n) is 9.94. The Labute approximate surface area is 218 Å². The summed E-state index contributed by atoms with van der Waals surface area (Å²) < 4.78 is 5.46. The minimum absolute atomic E-state index is 0.622. The first-order chi connectivity index (χ1) is 18.2. The molecule has 0 radical (unpaired) electrons. The number of ether oxygens (including phenoxy) is 1. The molecule has 2 aromatic rings. The number of methoxy groups -OCH3 is 1. The van der Waals surface area contributed by atoms with E-state index in [-0.39, 0.29) is 0 Å². The third-order valence-electron chi connectivity index (χ3n) is 7.74. The molecule has 7 nitrogen and oxygen atoms in total. The van der Waals surface area contributed by atoms with Gasteiger partial charge in [-0.3, -0.25) is 9.91 Å². The molecule has 0 spiro atoms. The molecule has 6 rings (SSSR count). The van der Waals surface area contributed by atoms with E-state index >= 15 is 0 Å². The Balaban J connectivity index is 1.34. The van der Waals surface area contributed by atoms with Crippen LogP contribution in [0.3, 0.4) is 0 Å². The van der Waals surface area contributed by atoms with Crippen LogP contribution in [0.15, 0.2) is 54.6 Å². The van der Waals surface area contributed by atoms with E-state index in [1.807, 2.05) is 24.3 Å². The second kappa shape index (κ2) is 10.2. The molecule has 2 aromatic carbocycles. The van der Waals surface area contributed by atoms with Crippen molar-refractivity contribution < 1.29 is 4.74 Å². The summed E-state index contributed by atoms with van der Waals surface area (Å²) in [4.78, 5) is 9.60. The predicted molar refractivity (Wildman–Crippen MR) is 145 cm³/mol. The first-order valence-corrected chi connectivity index (χ1v) is 13.3. The van der Waals surface area contributed by atoms with Gasteiger partial charge in [0.25, 0.3) is 0 Å². The highest BCUT2D eigenvalue weighted by Crippen LogP contribution is 2.40. The molecule has 1 saturated heterocycles. The molecular weight excluding hydrogens is 460 g/mol. The van der Waals surface area contributed by atoms with Crippen molar-refractivity contribution in [2.75, 3.05) is 44.8 Å². The molecule has 37 heavy (non-hydrogen) atoms. The zero-order chi connectivity index (χ0) is 25.2. The van der Waals surface area contributed by atoms with Crippen LogP contribution in [-0.4, -0.2) is 59.6 Å². The third-order valence-corrected chi connectivity index (χ3v) is 7.74. The fourth-order valence-electron chi connectivity index (χ4n) is 5.73. The van der Waals surface area contributed by atoms with Crippen molar-refractivity contribution in [3.05, 3.63) is 76.9 Å². The monoisotopic (exact) mass is 492 g/mol. The molecule has 7 heteroatoms. The molecular formula is C30H32N6O. The van der Waals surface area contributed by atoms with Crippen molar-refractivity contribution in [1.82, 2.24) is 19.8 Å². The van der Waals surface area contributed by atoms with Gasteiger partial charge in [-0.15, -0.1) is 5.10 Å². The Bertz CT molecular complexity index is 1400. The van der Waals surface area contributed by atoms with Gasteiger partial charge in [0.15, 0.2) is 5.82 Å². The maximum absolute atomic E-state index is 10.2. The minimum Gasteiger partial charge on any atom is -0.497 e. The van der Waals surface area contributed by atoms with E-state index in [1.54, 1.807) is 7.11 Å². The van der Waals surface area contributed by atoms with Crippen LogP contribution in [0.5, 0.6) is 5.75 Å². The fourth-order valence-corrected chi connectivity index (χ4v) is 5.73. The maximum Gasteiger partial charge on any atom is 0.182 e. The van der Waals surface area contributed by atoms with Crippen LogP contribution in [0.2, 0.25) is 0 Å². The van der Waals surface area contributed by atoms with Crippen LogP contribution in [-0.2, 0) is 19.3 Å². The molecule has 2 heterocycles. The molecule has 2 aliphatic carbocycles. The SMILES string of the molecule is COc1cccc(-c2nc3c(C#N)c4c(c-3n(N3CCN(CCc5ccccc5)CC3)n2)CCCC4)c1. The van der Waals surface area contributed by atoms with Crippen molar-refractivity contribution >= 4 is 0 Å². The molecule has 0 unspecified atom stereocenters. The smallest absolute Gasteiger partial charge is 0.182 e. The second-order valence-corrected chi connectivity index (χ2v) is 9.94. The van der Waals surface area contributed by atoms with Crippen LogP contribution in [0, 0.1) is 11.3 Å². The Hall–Kier alpha value is -3.89. The molecule has 0 saturated carbocycles. The number of hydrogen-bond donors (Lipinski definition) is 0. The average molecular weight is 493 g/mol. The molecule has 0 bridgehead atoms. The zero-order valence-electron chi connectivity index (χ0n) is 21.4. The number of fused-ring (bicyclic) bond motifs is 3. The number of aromatic nitrogens is 3. The molecule has 1 fully saturated rings. The topological polar surface area (TPSA) is 70.2 Å². The molecule has 2 aliphatic heterocycles. The van der Waals surface area contributed by atoms with E-state index in [9.17, 15) is 5.26 Å². The number of nitriles is 1. The van der Waals surface area contributed by atoms with E-state index in [2.05, 4.69) is 51.1 Å². The van der Waals surface area contributed by atoms with Crippen molar-refractivity contribution in [2.24, 2.45) is 0 Å². The number of nitrogens with zero attached hydrogens (tertiary/aromatic N) is 6. The summed E-state index contributed by atoms with van der Waals surface area (Å²) in [5.74, 6) is 1.39. The van der Waals surface area contributed by atoms with E-state index in [0.717, 1.165) is 93.1 Å². The minimum atomic E-state index is 0.622. The van der Waals surface area contributed by atoms with Gasteiger partial charge in [0.05, 0.1) is 12.7 Å². The summed E-state index contributed by atoms with van der Waals surface area (Å²) in [6, 6.07) is 21.0. The van der Waals surface area contributed by atoms with Crippen molar-refractivity contribution in [2.45, 2.75) is 32.1 Å². The zero-order valence-corrected chi connectivity index (χ0v) is 21.4. The lowest BCUT2D eigenvalue weighted by molar-refractivity contribution is 0.238. The molecule has 188 valence electrons. The largest absolute Gasteiger partial charge is 0.497 e. The van der Waals surface area contributed by atoms with Crippen molar-refractivity contribution in [3.8, 4) is 34.6 Å². The van der Waals surface area contributed by atoms with Crippen LogP contribution < -0.4 is 9.75 Å². The maximum atomic E-state index is 10.2. The first kappa shape index (κ1) is 23.5. The van der Waals surface area contributed by atoms with Gasteiger partial charge in [0.1, 0.15) is 23.2 Å². The Kier molecular flexibility index (Phi) is 6.50. The summed E-state index contributed by atoms with van der Waals surface area (Å²) in [6.07, 6.45) is 5.24. The fraction of sp³-hybridized carbons (Fsp3) is 0.367. The number of piperazine rings is 1. The standard InChI is InChI=1S/C30H32N6O/c1-37-24-11-7-10-23(20-24)30-32-28-27(21-31)25-12-5-6-13-26(25)29(28)36(33-30)35-18-16-34(17-19-35)15-14-22-8-3-2-4-9-22/h2-4,7-11,20H,5-6,12-19H2,1H3. The molecule has 0 N–H and O–H groups in total. The van der Waals surface area contributed by atoms with Gasteiger partial charge >= 0.3 is 0 Å². The normalized spacial score (nSPS) is 15.9. The predicted octanol–water partition coefficient (Wildman–Crippen LogP) is 4.31. The average Bonchev–Trinajstić information content (AvgIpc) is 3.30. The quantitative estimate of drug-likeness (QED) is 0.400. The van der Waals surface area contributed by atoms with Gasteiger partial charge in [0.2, 0.25) is 0 Å². The molecule has 4 aliphatic rings. The Morgan fingerprint density at radius 2 is 1.73 bits per heavy atom. The van der Waals surface area contributed by atoms with Gasteiger partial charge in [-0.25, -0.2) is 4.98 Å². The summed E-state index contributed by atoms with van der Waals surface area (Å²) in [5, 5.41) is 17.6. The third kappa shape index (κ3) is 4.54. The van der Waals surface area contributed by atoms with Gasteiger partial charge in [0, 0.05) is 38.3 Å². The summed E-state index contributed by atoms with van der Waals surface area (Å²) in [7, 11) is 1.67. The van der Waals surface area contributed by atoms with E-state index in [1.165, 1.54) is 16.7 Å². The molecule has 0 atom stereocenters. The molecule has 0 amide bonds. The van der Waals surface area contributed by atoms with Crippen LogP contribution in [0.1, 0.15) is 35.1 Å². The first-order valence-electron chi connectivity index (χ1n) is 13.3. The van der Waals surface area contributed by atoms with Crippen LogP contribution in [0.4, 0.5) is 0 Å². The van der Waals surface area contributed by atoms with E-state index < -0.39 is 0 Å². The highest BCUT2D eigenvalue weighted by atomic mass is 16.5. The summed E-state index contributed by atoms with van der Waals surface area (Å²) in [5.41, 5.74) is 7.25. The van der Waals surface area contributed by atoms with E-state index in [4.69, 9.17) is 14.8 Å². The summed E-state index contributed by atoms with van der Waals surface area (Å²) in [6.45, 7) is 4.78. The van der Waals surface area contributed by atoms with E-state index in [0.29, 0.717) is 5.82 Å². The van der Waals surface area contributed by atoms with Crippen molar-refractivity contribution in [3.63, 3.8) is 0 Å². The Morgan fingerprint density at radius 1 is 0.946 bits per heavy atom. The van der Waals surface area contributed by atoms with Gasteiger partial charge in [-0.05, 0) is 60.9 Å². The number of benzene rings is 2. The highest BCUT2D eigenvalue weighted by Gasteiger charge is 2.32. The lowest BCUT2D eigenvalue weighted by Crippen LogP contribution is -2.52. The van der Waals surface area contributed by atoms with Gasteiger partial charge in [-0.2, -0.15) is 10.1 Å². The van der Waals surface area contributed by atoms with Gasteiger partial charge < -0.3 is 4.74 Å². The van der Waals surface area contributed by atoms with Crippen LogP contribution >= 0.6 is 0 Å². The van der Waals surface area contributed by atoms with Gasteiger partial charge in [-0.1, -0.05) is 42.5 Å². The highest BCUT2D eigenvalue weighted by molar-refractivity contribution is 5.78. The number of hydrogen-bond acceptors (Lipinski definition) is 6. The summed E-state index contributed by atoms with van der Waals surface area (Å²) >= 11 is 0.